The molecule has 0 aromatic carbocycles. The number of Topliss-reactive ketones (excluding diaryl/α,β-unsaturated/α-hetero) is 3. The first-order valence-corrected chi connectivity index (χ1v) is 23.9. The minimum Gasteiger partial charge on any atom is -0.460 e. The first kappa shape index (κ1) is 54.8. The number of ketones is 3. The molecule has 360 valence electrons. The highest BCUT2D eigenvalue weighted by Crippen LogP contribution is 2.34. The Balaban J connectivity index is 1.98. The lowest BCUT2D eigenvalue weighted by atomic mass is 9.78. The summed E-state index contributed by atoms with van der Waals surface area (Å²) >= 11 is 0. The van der Waals surface area contributed by atoms with Gasteiger partial charge in [0.25, 0.3) is 11.7 Å². The molecule has 64 heavy (non-hydrogen) atoms. The number of aliphatic hydroxyl groups excluding tert-OH is 3. The minimum atomic E-state index is -1.99. The molecule has 0 aromatic heterocycles. The zero-order valence-corrected chi connectivity index (χ0v) is 40.2. The first-order chi connectivity index (χ1) is 30.1. The van der Waals surface area contributed by atoms with Crippen molar-refractivity contribution in [1.82, 2.24) is 4.90 Å². The third-order valence-corrected chi connectivity index (χ3v) is 14.3. The minimum absolute atomic E-state index is 0.000221. The first-order valence-electron chi connectivity index (χ1n) is 23.9. The molecule has 12 nitrogen and oxygen atoms in total. The van der Waals surface area contributed by atoms with Crippen molar-refractivity contribution in [3.8, 4) is 0 Å². The van der Waals surface area contributed by atoms with Crippen LogP contribution < -0.4 is 0 Å². The number of nitrogens with zero attached hydrogens (tertiary/aromatic N) is 1. The smallest absolute Gasteiger partial charge is 0.329 e. The summed E-state index contributed by atoms with van der Waals surface area (Å²) in [6.07, 6.45) is 14.8. The highest BCUT2D eigenvalue weighted by atomic mass is 16.5. The number of allylic oxidation sites excluding steroid dienone is 8. The topological polar surface area (TPSA) is 188 Å². The Morgan fingerprint density at radius 1 is 0.922 bits per heavy atom. The van der Waals surface area contributed by atoms with E-state index < -0.39 is 77.6 Å². The lowest BCUT2D eigenvalue weighted by Crippen LogP contribution is -2.57. The quantitative estimate of drug-likeness (QED) is 0.123. The van der Waals surface area contributed by atoms with Crippen molar-refractivity contribution in [2.24, 2.45) is 41.4 Å². The second-order valence-electron chi connectivity index (χ2n) is 19.8. The molecule has 0 radical (unpaired) electrons. The standard InChI is InChI=1S/C52H81NO11/c1-11-39-22-20-32(2)17-13-12-14-18-33(3)27-36(6)46(57)48(63-10)47(58)37(7)28-34(4)43(55)31-45(35(5)29-40-24-25-42(54)44(56)30-40)64-51(61)41-19-15-16-26-53(41)50(60)49(59)52(9,62)38(8)21-23-39/h11-14,17-18,28,33-36,38-42,44-45,47-48,54,56,58,62H,1,15-16,19-27,29-31H2,2-10H3/b13-12+,18-14+,32-17+,37-28+/t33-,34-,35-,36?,38-,39-,40+,41+,42-,44-,45+,47-,48+,52+/m1/s1. The molecular formula is C52H81NO11. The van der Waals surface area contributed by atoms with Gasteiger partial charge in [-0.1, -0.05) is 82.7 Å². The average molecular weight is 896 g/mol. The van der Waals surface area contributed by atoms with Crippen molar-refractivity contribution < 1.29 is 53.9 Å². The Labute approximate surface area is 383 Å². The van der Waals surface area contributed by atoms with Gasteiger partial charge in [0.1, 0.15) is 35.7 Å². The van der Waals surface area contributed by atoms with Gasteiger partial charge in [-0.2, -0.15) is 0 Å². The molecule has 1 saturated carbocycles. The average Bonchev–Trinajstić information content (AvgIpc) is 3.26. The maximum Gasteiger partial charge on any atom is 0.329 e. The van der Waals surface area contributed by atoms with E-state index in [2.05, 4.69) is 19.6 Å². The Hall–Kier alpha value is -3.55. The molecular weight excluding hydrogens is 815 g/mol. The monoisotopic (exact) mass is 896 g/mol. The van der Waals surface area contributed by atoms with Crippen molar-refractivity contribution in [3.05, 3.63) is 60.3 Å². The van der Waals surface area contributed by atoms with Gasteiger partial charge in [0, 0.05) is 31.9 Å². The molecule has 3 aliphatic rings. The molecule has 0 spiro atoms. The lowest BCUT2D eigenvalue weighted by molar-refractivity contribution is -0.169. The summed E-state index contributed by atoms with van der Waals surface area (Å²) in [6.45, 7) is 18.4. The van der Waals surface area contributed by atoms with Crippen LogP contribution in [0.3, 0.4) is 0 Å². The fraction of sp³-hybridized carbons (Fsp3) is 0.712. The number of piperidine rings is 1. The van der Waals surface area contributed by atoms with E-state index in [-0.39, 0.29) is 54.6 Å². The van der Waals surface area contributed by atoms with Crippen LogP contribution in [0.1, 0.15) is 139 Å². The van der Waals surface area contributed by atoms with E-state index in [4.69, 9.17) is 9.47 Å². The van der Waals surface area contributed by atoms with Gasteiger partial charge in [0.05, 0.1) is 12.2 Å². The SMILES string of the molecule is C=C[C@@H]1CC/C(C)=C/C=C/C=C/[C@@H](C)CC(C)C(=O)[C@H](OC)[C@H](O)/C(C)=C/[C@@H](C)C(=O)C[C@@H]([C@H](C)C[C@@H]2CC[C@@H](O)[C@H](O)C2)OC(=O)[C@@H]2CCCCN2C(=O)C(=O)[C@@](C)(O)[C@H](C)CC1. The fourth-order valence-electron chi connectivity index (χ4n) is 9.49. The maximum atomic E-state index is 14.2. The van der Waals surface area contributed by atoms with Gasteiger partial charge < -0.3 is 34.8 Å². The number of ether oxygens (including phenoxy) is 2. The number of aliphatic hydroxyl groups is 4. The van der Waals surface area contributed by atoms with Crippen LogP contribution in [0.15, 0.2) is 60.3 Å². The van der Waals surface area contributed by atoms with Gasteiger partial charge in [0.2, 0.25) is 0 Å². The number of amides is 1. The van der Waals surface area contributed by atoms with Crippen LogP contribution in [-0.2, 0) is 33.4 Å². The van der Waals surface area contributed by atoms with Gasteiger partial charge in [-0.05, 0) is 133 Å². The number of rotatable bonds is 5. The van der Waals surface area contributed by atoms with E-state index in [0.29, 0.717) is 63.4 Å². The van der Waals surface area contributed by atoms with Crippen LogP contribution >= 0.6 is 0 Å². The van der Waals surface area contributed by atoms with E-state index in [1.54, 1.807) is 26.8 Å². The number of cyclic esters (lactones) is 1. The van der Waals surface area contributed by atoms with Gasteiger partial charge in [-0.15, -0.1) is 6.58 Å². The van der Waals surface area contributed by atoms with Crippen LogP contribution in [0.2, 0.25) is 0 Å². The zero-order chi connectivity index (χ0) is 47.9. The van der Waals surface area contributed by atoms with E-state index in [0.717, 1.165) is 12.8 Å². The molecule has 1 saturated heterocycles. The molecule has 4 N–H and O–H groups in total. The third kappa shape index (κ3) is 15.8. The molecule has 1 amide bonds. The number of esters is 1. The van der Waals surface area contributed by atoms with Crippen molar-refractivity contribution in [3.63, 3.8) is 0 Å². The number of fused-ring (bicyclic) bond motifs is 1. The van der Waals surface area contributed by atoms with Crippen LogP contribution in [0.5, 0.6) is 0 Å². The Morgan fingerprint density at radius 3 is 2.28 bits per heavy atom. The number of hydrogen-bond donors (Lipinski definition) is 4. The number of carbonyl (C=O) groups is 5. The predicted molar refractivity (Wildman–Crippen MR) is 249 cm³/mol. The van der Waals surface area contributed by atoms with Gasteiger partial charge >= 0.3 is 5.97 Å². The molecule has 1 unspecified atom stereocenters. The highest BCUT2D eigenvalue weighted by molar-refractivity contribution is 6.39. The van der Waals surface area contributed by atoms with E-state index in [9.17, 15) is 44.4 Å². The largest absolute Gasteiger partial charge is 0.460 e. The Morgan fingerprint density at radius 2 is 1.62 bits per heavy atom. The predicted octanol–water partition coefficient (Wildman–Crippen LogP) is 7.37. The molecule has 0 bridgehead atoms. The summed E-state index contributed by atoms with van der Waals surface area (Å²) in [7, 11) is 1.38. The molecule has 0 aromatic rings. The fourth-order valence-corrected chi connectivity index (χ4v) is 9.49. The summed E-state index contributed by atoms with van der Waals surface area (Å²) in [6, 6.07) is -1.10. The van der Waals surface area contributed by atoms with Gasteiger partial charge in [-0.25, -0.2) is 4.79 Å². The maximum absolute atomic E-state index is 14.2. The van der Waals surface area contributed by atoms with Crippen LogP contribution in [0, 0.1) is 41.4 Å². The van der Waals surface area contributed by atoms with Crippen LogP contribution in [0.4, 0.5) is 0 Å². The summed E-state index contributed by atoms with van der Waals surface area (Å²) in [5.41, 5.74) is -0.439. The van der Waals surface area contributed by atoms with Crippen molar-refractivity contribution in [2.45, 2.75) is 181 Å². The molecule has 12 heteroatoms. The van der Waals surface area contributed by atoms with Crippen molar-refractivity contribution in [2.75, 3.05) is 13.7 Å². The molecule has 1 aliphatic carbocycles. The van der Waals surface area contributed by atoms with Crippen LogP contribution in [0.25, 0.3) is 0 Å². The van der Waals surface area contributed by atoms with Crippen molar-refractivity contribution in [1.29, 1.82) is 0 Å². The summed E-state index contributed by atoms with van der Waals surface area (Å²) < 4.78 is 11.8. The van der Waals surface area contributed by atoms with E-state index in [1.165, 1.54) is 24.5 Å². The van der Waals surface area contributed by atoms with E-state index >= 15 is 0 Å². The number of hydrogen-bond acceptors (Lipinski definition) is 11. The molecule has 3 rings (SSSR count). The summed E-state index contributed by atoms with van der Waals surface area (Å²) in [5.74, 6) is -5.14. The zero-order valence-electron chi connectivity index (χ0n) is 40.2. The molecule has 2 heterocycles. The number of carbonyl (C=O) groups excluding carboxylic acids is 5. The number of methoxy groups -OCH3 is 1. The second kappa shape index (κ2) is 26.0. The summed E-state index contributed by atoms with van der Waals surface area (Å²) in [5, 5.41) is 43.6. The van der Waals surface area contributed by atoms with Gasteiger partial charge in [-0.3, -0.25) is 19.2 Å². The molecule has 2 aliphatic heterocycles. The molecule has 14 atom stereocenters. The second-order valence-corrected chi connectivity index (χ2v) is 19.8. The highest BCUT2D eigenvalue weighted by Gasteiger charge is 2.46. The molecule has 2 fully saturated rings. The summed E-state index contributed by atoms with van der Waals surface area (Å²) in [4.78, 5) is 71.0. The van der Waals surface area contributed by atoms with E-state index in [1.807, 2.05) is 51.2 Å². The third-order valence-electron chi connectivity index (χ3n) is 14.3. The normalized spacial score (nSPS) is 39.1. The van der Waals surface area contributed by atoms with Crippen molar-refractivity contribution >= 4 is 29.2 Å². The van der Waals surface area contributed by atoms with Gasteiger partial charge in [0.15, 0.2) is 5.78 Å². The van der Waals surface area contributed by atoms with Crippen LogP contribution in [-0.4, -0.2) is 110 Å². The Kier molecular flexibility index (Phi) is 22.2. The Bertz CT molecular complexity index is 1710. The lowest BCUT2D eigenvalue weighted by Gasteiger charge is -2.38.